The Labute approximate surface area is 144 Å². The molecule has 0 amide bonds. The molecule has 0 bridgehead atoms. The van der Waals surface area contributed by atoms with E-state index in [1.54, 1.807) is 13.8 Å². The van der Waals surface area contributed by atoms with Gasteiger partial charge in [-0.3, -0.25) is 0 Å². The highest BCUT2D eigenvalue weighted by molar-refractivity contribution is 7.88. The summed E-state index contributed by atoms with van der Waals surface area (Å²) in [6.07, 6.45) is 1.14. The lowest BCUT2D eigenvalue weighted by atomic mass is 10.1. The molecule has 0 fully saturated rings. The molecule has 9 heteroatoms. The van der Waals surface area contributed by atoms with Gasteiger partial charge in [-0.05, 0) is 26.7 Å². The van der Waals surface area contributed by atoms with Crippen LogP contribution in [-0.4, -0.2) is 44.4 Å². The molecule has 24 heavy (non-hydrogen) atoms. The zero-order valence-electron chi connectivity index (χ0n) is 15.3. The minimum Gasteiger partial charge on any atom is -0.359 e. The van der Waals surface area contributed by atoms with Crippen molar-refractivity contribution in [3.8, 4) is 0 Å². The van der Waals surface area contributed by atoms with Crippen LogP contribution in [0, 0.1) is 0 Å². The van der Waals surface area contributed by atoms with Gasteiger partial charge < -0.3 is 15.2 Å². The lowest BCUT2D eigenvalue weighted by Gasteiger charge is -2.26. The van der Waals surface area contributed by atoms with Crippen LogP contribution >= 0.6 is 0 Å². The van der Waals surface area contributed by atoms with Crippen molar-refractivity contribution in [2.45, 2.75) is 52.6 Å². The number of nitrogens with zero attached hydrogens (tertiary/aromatic N) is 2. The first-order valence-electron chi connectivity index (χ1n) is 7.99. The van der Waals surface area contributed by atoms with Gasteiger partial charge in [0.05, 0.1) is 11.9 Å². The van der Waals surface area contributed by atoms with E-state index in [2.05, 4.69) is 25.5 Å². The molecule has 0 radical (unpaired) electrons. The first kappa shape index (κ1) is 20.4. The molecule has 3 N–H and O–H groups in total. The van der Waals surface area contributed by atoms with Crippen molar-refractivity contribution in [3.63, 3.8) is 0 Å². The summed E-state index contributed by atoms with van der Waals surface area (Å²) in [5, 5.41) is 10.3. The number of aromatic nitrogens is 1. The predicted molar refractivity (Wildman–Crippen MR) is 95.5 cm³/mol. The first-order chi connectivity index (χ1) is 11.0. The maximum atomic E-state index is 11.4. The average molecular weight is 359 g/mol. The van der Waals surface area contributed by atoms with E-state index in [1.807, 2.05) is 26.8 Å². The van der Waals surface area contributed by atoms with Crippen molar-refractivity contribution in [3.05, 3.63) is 17.5 Å². The molecule has 1 aromatic rings. The van der Waals surface area contributed by atoms with Gasteiger partial charge in [-0.1, -0.05) is 19.0 Å². The second-order valence-electron chi connectivity index (χ2n) is 6.68. The standard InChI is InChI=1S/C15H29N5O3S/c1-7-16-14(18-10-15(4,5)20-24(6,21)22)17-9-12-8-13(11(2)3)19-23-12/h8,11,20H,7,9-10H2,1-6H3,(H2,16,17,18). The van der Waals surface area contributed by atoms with Gasteiger partial charge in [0.1, 0.15) is 6.54 Å². The van der Waals surface area contributed by atoms with Gasteiger partial charge >= 0.3 is 0 Å². The van der Waals surface area contributed by atoms with Crippen LogP contribution in [0.15, 0.2) is 15.6 Å². The Hall–Kier alpha value is -1.61. The van der Waals surface area contributed by atoms with E-state index < -0.39 is 15.6 Å². The molecule has 0 aliphatic heterocycles. The van der Waals surface area contributed by atoms with Crippen molar-refractivity contribution in [1.29, 1.82) is 0 Å². The number of aliphatic imine (C=N–C) groups is 1. The highest BCUT2D eigenvalue weighted by atomic mass is 32.2. The highest BCUT2D eigenvalue weighted by Gasteiger charge is 2.22. The van der Waals surface area contributed by atoms with Gasteiger partial charge in [-0.25, -0.2) is 18.1 Å². The predicted octanol–water partition coefficient (Wildman–Crippen LogP) is 1.18. The van der Waals surface area contributed by atoms with E-state index in [1.165, 1.54) is 0 Å². The second-order valence-corrected chi connectivity index (χ2v) is 8.43. The molecule has 0 spiro atoms. The van der Waals surface area contributed by atoms with E-state index in [0.29, 0.717) is 37.3 Å². The minimum atomic E-state index is -3.28. The zero-order chi connectivity index (χ0) is 18.4. The van der Waals surface area contributed by atoms with Crippen LogP contribution in [0.1, 0.15) is 52.0 Å². The number of rotatable bonds is 8. The van der Waals surface area contributed by atoms with Crippen LogP contribution < -0.4 is 15.4 Å². The van der Waals surface area contributed by atoms with E-state index >= 15 is 0 Å². The third-order valence-electron chi connectivity index (χ3n) is 3.07. The summed E-state index contributed by atoms with van der Waals surface area (Å²) >= 11 is 0. The van der Waals surface area contributed by atoms with Crippen molar-refractivity contribution >= 4 is 16.0 Å². The molecular formula is C15H29N5O3S. The monoisotopic (exact) mass is 359 g/mol. The molecule has 8 nitrogen and oxygen atoms in total. The van der Waals surface area contributed by atoms with Crippen molar-refractivity contribution in [2.24, 2.45) is 4.99 Å². The summed E-state index contributed by atoms with van der Waals surface area (Å²) < 4.78 is 30.6. The fraction of sp³-hybridized carbons (Fsp3) is 0.733. The number of hydrogen-bond donors (Lipinski definition) is 3. The highest BCUT2D eigenvalue weighted by Crippen LogP contribution is 2.14. The van der Waals surface area contributed by atoms with Crippen molar-refractivity contribution in [1.82, 2.24) is 20.5 Å². The van der Waals surface area contributed by atoms with Crippen LogP contribution in [0.2, 0.25) is 0 Å². The minimum absolute atomic E-state index is 0.306. The Bertz CT molecular complexity index is 650. The largest absolute Gasteiger partial charge is 0.359 e. The average Bonchev–Trinajstić information content (AvgIpc) is 2.88. The molecule has 0 aromatic carbocycles. The second kappa shape index (κ2) is 8.48. The summed E-state index contributed by atoms with van der Waals surface area (Å²) in [7, 11) is -3.28. The molecule has 0 saturated carbocycles. The van der Waals surface area contributed by atoms with E-state index in [0.717, 1.165) is 11.9 Å². The number of nitrogens with one attached hydrogen (secondary N) is 3. The van der Waals surface area contributed by atoms with Crippen LogP contribution in [0.3, 0.4) is 0 Å². The third kappa shape index (κ3) is 7.78. The molecule has 1 aromatic heterocycles. The molecule has 1 heterocycles. The normalized spacial score (nSPS) is 13.4. The fourth-order valence-electron chi connectivity index (χ4n) is 2.02. The fourth-order valence-corrected chi connectivity index (χ4v) is 3.09. The summed E-state index contributed by atoms with van der Waals surface area (Å²) in [6, 6.07) is 1.90. The number of sulfonamides is 1. The topological polar surface area (TPSA) is 109 Å². The van der Waals surface area contributed by atoms with E-state index in [-0.39, 0.29) is 0 Å². The summed E-state index contributed by atoms with van der Waals surface area (Å²) in [4.78, 5) is 4.44. The maximum Gasteiger partial charge on any atom is 0.209 e. The van der Waals surface area contributed by atoms with Crippen LogP contribution in [0.5, 0.6) is 0 Å². The lowest BCUT2D eigenvalue weighted by molar-refractivity contribution is 0.376. The van der Waals surface area contributed by atoms with Gasteiger partial charge in [0.2, 0.25) is 10.0 Å². The number of guanidine groups is 1. The third-order valence-corrected chi connectivity index (χ3v) is 3.99. The lowest BCUT2D eigenvalue weighted by Crippen LogP contribution is -2.53. The van der Waals surface area contributed by atoms with Gasteiger partial charge in [-0.15, -0.1) is 0 Å². The SMILES string of the molecule is CCNC(=NCc1cc(C(C)C)no1)NCC(C)(C)NS(C)(=O)=O. The summed E-state index contributed by atoms with van der Waals surface area (Å²) in [5.41, 5.74) is 0.262. The smallest absolute Gasteiger partial charge is 0.209 e. The summed E-state index contributed by atoms with van der Waals surface area (Å²) in [5.74, 6) is 1.58. The van der Waals surface area contributed by atoms with Gasteiger partial charge in [0.15, 0.2) is 11.7 Å². The Kier molecular flexibility index (Phi) is 7.22. The Morgan fingerprint density at radius 1 is 1.38 bits per heavy atom. The Morgan fingerprint density at radius 2 is 2.04 bits per heavy atom. The molecule has 0 saturated heterocycles. The van der Waals surface area contributed by atoms with Crippen molar-refractivity contribution < 1.29 is 12.9 Å². The van der Waals surface area contributed by atoms with E-state index in [9.17, 15) is 8.42 Å². The molecule has 0 aliphatic carbocycles. The Balaban J connectivity index is 2.68. The quantitative estimate of drug-likeness (QED) is 0.475. The van der Waals surface area contributed by atoms with Gasteiger partial charge in [-0.2, -0.15) is 0 Å². The molecule has 0 atom stereocenters. The van der Waals surface area contributed by atoms with Crippen LogP contribution in [0.25, 0.3) is 0 Å². The molecule has 0 aliphatic rings. The number of hydrogen-bond acceptors (Lipinski definition) is 5. The van der Waals surface area contributed by atoms with Gasteiger partial charge in [0.25, 0.3) is 0 Å². The molecular weight excluding hydrogens is 330 g/mol. The molecule has 0 unspecified atom stereocenters. The molecule has 138 valence electrons. The first-order valence-corrected chi connectivity index (χ1v) is 9.88. The molecule has 1 rings (SSSR count). The van der Waals surface area contributed by atoms with E-state index in [4.69, 9.17) is 4.52 Å². The maximum absolute atomic E-state index is 11.4. The van der Waals surface area contributed by atoms with Gasteiger partial charge in [0, 0.05) is 24.7 Å². The zero-order valence-corrected chi connectivity index (χ0v) is 16.1. The van der Waals surface area contributed by atoms with Crippen molar-refractivity contribution in [2.75, 3.05) is 19.3 Å². The Morgan fingerprint density at radius 3 is 2.54 bits per heavy atom. The summed E-state index contributed by atoms with van der Waals surface area (Å²) in [6.45, 7) is 11.1. The van der Waals surface area contributed by atoms with Crippen LogP contribution in [-0.2, 0) is 16.6 Å². The van der Waals surface area contributed by atoms with Crippen LogP contribution in [0.4, 0.5) is 0 Å².